The molecule has 0 fully saturated rings. The molecule has 2 aromatic carbocycles. The van der Waals surface area contributed by atoms with Crippen LogP contribution >= 0.6 is 0 Å². The van der Waals surface area contributed by atoms with Crippen molar-refractivity contribution < 1.29 is 14.3 Å². The molecule has 1 aliphatic carbocycles. The number of methoxy groups -OCH3 is 2. The van der Waals surface area contributed by atoms with Crippen LogP contribution in [-0.2, 0) is 6.42 Å². The second-order valence-corrected chi connectivity index (χ2v) is 4.92. The molecule has 0 amide bonds. The van der Waals surface area contributed by atoms with E-state index in [0.717, 1.165) is 22.3 Å². The molecule has 3 rings (SSSR count). The minimum atomic E-state index is 0.0930. The normalized spacial score (nSPS) is 15.1. The van der Waals surface area contributed by atoms with Crippen LogP contribution in [0.25, 0.3) is 6.08 Å². The molecule has 0 bridgehead atoms. The number of para-hydroxylation sites is 1. The molecule has 0 spiro atoms. The van der Waals surface area contributed by atoms with E-state index in [9.17, 15) is 4.79 Å². The van der Waals surface area contributed by atoms with E-state index in [2.05, 4.69) is 0 Å². The molecule has 1 aliphatic rings. The highest BCUT2D eigenvalue weighted by Crippen LogP contribution is 2.34. The van der Waals surface area contributed by atoms with Gasteiger partial charge in [-0.2, -0.15) is 0 Å². The van der Waals surface area contributed by atoms with Crippen LogP contribution < -0.4 is 9.47 Å². The monoisotopic (exact) mass is 280 g/mol. The summed E-state index contributed by atoms with van der Waals surface area (Å²) in [6.07, 6.45) is 2.55. The Labute approximate surface area is 123 Å². The van der Waals surface area contributed by atoms with E-state index in [1.54, 1.807) is 14.2 Å². The lowest BCUT2D eigenvalue weighted by Crippen LogP contribution is -1.97. The third-order valence-corrected chi connectivity index (χ3v) is 3.70. The van der Waals surface area contributed by atoms with Crippen molar-refractivity contribution in [2.75, 3.05) is 14.2 Å². The van der Waals surface area contributed by atoms with Crippen LogP contribution in [0.3, 0.4) is 0 Å². The molecule has 106 valence electrons. The highest BCUT2D eigenvalue weighted by Gasteiger charge is 2.24. The number of hydrogen-bond acceptors (Lipinski definition) is 3. The molecule has 0 heterocycles. The Balaban J connectivity index is 2.03. The predicted octanol–water partition coefficient (Wildman–Crippen LogP) is 3.53. The third kappa shape index (κ3) is 2.31. The standard InChI is InChI=1S/C18H16O3/c1-20-16-9-5-7-13(18(16)21-2)11-14-10-12-6-3-4-8-15(12)17(14)19/h3-9,11H,10H2,1-2H3/b14-11-. The quantitative estimate of drug-likeness (QED) is 0.807. The number of rotatable bonds is 3. The maximum absolute atomic E-state index is 12.4. The number of fused-ring (bicyclic) bond motifs is 1. The molecule has 0 aliphatic heterocycles. The highest BCUT2D eigenvalue weighted by atomic mass is 16.5. The van der Waals surface area contributed by atoms with Crippen molar-refractivity contribution >= 4 is 11.9 Å². The average molecular weight is 280 g/mol. The molecule has 21 heavy (non-hydrogen) atoms. The zero-order valence-electron chi connectivity index (χ0n) is 12.1. The fourth-order valence-corrected chi connectivity index (χ4v) is 2.68. The van der Waals surface area contributed by atoms with E-state index < -0.39 is 0 Å². The third-order valence-electron chi connectivity index (χ3n) is 3.70. The Morgan fingerprint density at radius 3 is 2.52 bits per heavy atom. The number of Topliss-reactive ketones (excluding diaryl/α,β-unsaturated/α-hetero) is 1. The SMILES string of the molecule is COc1cccc(/C=C2/Cc3ccccc3C2=O)c1OC. The first kappa shape index (κ1) is 13.4. The molecule has 0 saturated carbocycles. The first-order chi connectivity index (χ1) is 10.2. The topological polar surface area (TPSA) is 35.5 Å². The van der Waals surface area contributed by atoms with Crippen LogP contribution in [0.5, 0.6) is 11.5 Å². The van der Waals surface area contributed by atoms with Gasteiger partial charge in [0.1, 0.15) is 0 Å². The molecule has 3 nitrogen and oxygen atoms in total. The zero-order valence-corrected chi connectivity index (χ0v) is 12.1. The van der Waals surface area contributed by atoms with E-state index in [1.807, 2.05) is 48.5 Å². The Kier molecular flexibility index (Phi) is 3.48. The zero-order chi connectivity index (χ0) is 14.8. The lowest BCUT2D eigenvalue weighted by Gasteiger charge is -2.10. The van der Waals surface area contributed by atoms with Crippen LogP contribution in [0.15, 0.2) is 48.0 Å². The Bertz CT molecular complexity index is 729. The molecular weight excluding hydrogens is 264 g/mol. The molecule has 0 saturated heterocycles. The number of allylic oxidation sites excluding steroid dienone is 1. The van der Waals surface area contributed by atoms with E-state index >= 15 is 0 Å². The van der Waals surface area contributed by atoms with Gasteiger partial charge in [-0.1, -0.05) is 36.4 Å². The summed E-state index contributed by atoms with van der Waals surface area (Å²) in [6, 6.07) is 13.4. The van der Waals surface area contributed by atoms with Crippen molar-refractivity contribution in [1.29, 1.82) is 0 Å². The summed E-state index contributed by atoms with van der Waals surface area (Å²) in [5.74, 6) is 1.40. The summed E-state index contributed by atoms with van der Waals surface area (Å²) in [4.78, 5) is 12.4. The van der Waals surface area contributed by atoms with E-state index in [-0.39, 0.29) is 5.78 Å². The van der Waals surface area contributed by atoms with Crippen LogP contribution in [0.1, 0.15) is 21.5 Å². The summed E-state index contributed by atoms with van der Waals surface area (Å²) < 4.78 is 10.7. The fraction of sp³-hybridized carbons (Fsp3) is 0.167. The molecule has 0 atom stereocenters. The van der Waals surface area contributed by atoms with E-state index in [0.29, 0.717) is 17.9 Å². The summed E-state index contributed by atoms with van der Waals surface area (Å²) in [5, 5.41) is 0. The van der Waals surface area contributed by atoms with Gasteiger partial charge in [0.25, 0.3) is 0 Å². The number of hydrogen-bond donors (Lipinski definition) is 0. The number of carbonyl (C=O) groups excluding carboxylic acids is 1. The summed E-state index contributed by atoms with van der Waals surface area (Å²) >= 11 is 0. The van der Waals surface area contributed by atoms with Crippen molar-refractivity contribution in [1.82, 2.24) is 0 Å². The van der Waals surface area contributed by atoms with Crippen LogP contribution in [0, 0.1) is 0 Å². The van der Waals surface area contributed by atoms with Crippen molar-refractivity contribution in [2.24, 2.45) is 0 Å². The van der Waals surface area contributed by atoms with Gasteiger partial charge in [0, 0.05) is 23.1 Å². The smallest absolute Gasteiger partial charge is 0.189 e. The van der Waals surface area contributed by atoms with E-state index in [1.165, 1.54) is 0 Å². The van der Waals surface area contributed by atoms with Gasteiger partial charge in [0.2, 0.25) is 0 Å². The molecular formula is C18H16O3. The van der Waals surface area contributed by atoms with Crippen molar-refractivity contribution in [2.45, 2.75) is 6.42 Å². The van der Waals surface area contributed by atoms with Gasteiger partial charge in [0.05, 0.1) is 14.2 Å². The maximum Gasteiger partial charge on any atom is 0.189 e. The van der Waals surface area contributed by atoms with Gasteiger partial charge in [-0.3, -0.25) is 4.79 Å². The number of ether oxygens (including phenoxy) is 2. The van der Waals surface area contributed by atoms with Gasteiger partial charge in [-0.05, 0) is 17.7 Å². The highest BCUT2D eigenvalue weighted by molar-refractivity contribution is 6.15. The first-order valence-corrected chi connectivity index (χ1v) is 6.78. The molecule has 2 aromatic rings. The molecule has 3 heteroatoms. The largest absolute Gasteiger partial charge is 0.493 e. The molecule has 0 radical (unpaired) electrons. The van der Waals surface area contributed by atoms with Gasteiger partial charge in [-0.15, -0.1) is 0 Å². The Hall–Kier alpha value is -2.55. The van der Waals surface area contributed by atoms with E-state index in [4.69, 9.17) is 9.47 Å². The molecule has 0 unspecified atom stereocenters. The summed E-state index contributed by atoms with van der Waals surface area (Å²) in [5.41, 5.74) is 3.51. The fourth-order valence-electron chi connectivity index (χ4n) is 2.68. The number of carbonyl (C=O) groups is 1. The average Bonchev–Trinajstić information content (AvgIpc) is 2.83. The number of ketones is 1. The Morgan fingerprint density at radius 1 is 1.00 bits per heavy atom. The lowest BCUT2D eigenvalue weighted by atomic mass is 10.1. The second kappa shape index (κ2) is 5.44. The van der Waals surface area contributed by atoms with Crippen molar-refractivity contribution in [3.8, 4) is 11.5 Å². The lowest BCUT2D eigenvalue weighted by molar-refractivity contribution is 0.104. The predicted molar refractivity (Wildman–Crippen MR) is 82.0 cm³/mol. The molecule has 0 N–H and O–H groups in total. The second-order valence-electron chi connectivity index (χ2n) is 4.92. The van der Waals surface area contributed by atoms with Crippen LogP contribution in [0.4, 0.5) is 0 Å². The van der Waals surface area contributed by atoms with Crippen LogP contribution in [0.2, 0.25) is 0 Å². The van der Waals surface area contributed by atoms with Crippen molar-refractivity contribution in [3.63, 3.8) is 0 Å². The molecule has 0 aromatic heterocycles. The minimum absolute atomic E-state index is 0.0930. The van der Waals surface area contributed by atoms with Gasteiger partial charge < -0.3 is 9.47 Å². The number of benzene rings is 2. The maximum atomic E-state index is 12.4. The van der Waals surface area contributed by atoms with Crippen molar-refractivity contribution in [3.05, 3.63) is 64.7 Å². The summed E-state index contributed by atoms with van der Waals surface area (Å²) in [7, 11) is 3.20. The van der Waals surface area contributed by atoms with Crippen LogP contribution in [-0.4, -0.2) is 20.0 Å². The minimum Gasteiger partial charge on any atom is -0.493 e. The first-order valence-electron chi connectivity index (χ1n) is 6.78. The Morgan fingerprint density at radius 2 is 1.81 bits per heavy atom. The summed E-state index contributed by atoms with van der Waals surface area (Å²) in [6.45, 7) is 0. The van der Waals surface area contributed by atoms with Gasteiger partial charge in [0.15, 0.2) is 17.3 Å². The van der Waals surface area contributed by atoms with Gasteiger partial charge >= 0.3 is 0 Å². The van der Waals surface area contributed by atoms with Gasteiger partial charge in [-0.25, -0.2) is 0 Å².